The number of pyridine rings is 1. The molecule has 2 radical (unpaired) electrons. The predicted octanol–water partition coefficient (Wildman–Crippen LogP) is 5.29. The molecule has 36 heavy (non-hydrogen) atoms. The topological polar surface area (TPSA) is 52.9 Å². The molecule has 1 fully saturated rings. The van der Waals surface area contributed by atoms with E-state index in [0.29, 0.717) is 17.9 Å². The molecule has 3 aliphatic rings. The molecule has 1 unspecified atom stereocenters. The van der Waals surface area contributed by atoms with E-state index < -0.39 is 0 Å². The molecule has 0 spiro atoms. The van der Waals surface area contributed by atoms with Crippen LogP contribution in [-0.2, 0) is 13.1 Å². The molecule has 180 valence electrons. The first-order chi connectivity index (χ1) is 17.7. The van der Waals surface area contributed by atoms with E-state index in [-0.39, 0.29) is 5.92 Å². The fraction of sp³-hybridized carbons (Fsp3) is 0.321. The maximum absolute atomic E-state index is 6.35. The van der Waals surface area contributed by atoms with Crippen molar-refractivity contribution in [2.75, 3.05) is 19.6 Å². The summed E-state index contributed by atoms with van der Waals surface area (Å²) >= 11 is 3.73. The molecule has 1 saturated heterocycles. The van der Waals surface area contributed by atoms with Crippen molar-refractivity contribution in [1.82, 2.24) is 15.2 Å². The summed E-state index contributed by atoms with van der Waals surface area (Å²) in [5.74, 6) is 0.549. The van der Waals surface area contributed by atoms with Crippen LogP contribution in [0.3, 0.4) is 0 Å². The highest BCUT2D eigenvalue weighted by molar-refractivity contribution is 7.21. The maximum Gasteiger partial charge on any atom is 0.118 e. The third-order valence-corrected chi connectivity index (χ3v) is 9.24. The number of hydrogen-bond acceptors (Lipinski definition) is 7. The van der Waals surface area contributed by atoms with Gasteiger partial charge < -0.3 is 5.32 Å². The summed E-state index contributed by atoms with van der Waals surface area (Å²) in [6.07, 6.45) is 9.97. The van der Waals surface area contributed by atoms with Crippen LogP contribution < -0.4 is 5.32 Å². The van der Waals surface area contributed by atoms with Crippen molar-refractivity contribution in [1.29, 1.82) is 0 Å². The van der Waals surface area contributed by atoms with Crippen molar-refractivity contribution in [3.63, 3.8) is 0 Å². The highest BCUT2D eigenvalue weighted by Gasteiger charge is 2.31. The summed E-state index contributed by atoms with van der Waals surface area (Å²) in [7, 11) is 6.35. The van der Waals surface area contributed by atoms with Crippen LogP contribution in [0.25, 0.3) is 9.75 Å². The van der Waals surface area contributed by atoms with E-state index in [1.807, 2.05) is 34.9 Å². The Morgan fingerprint density at radius 2 is 2.00 bits per heavy atom. The lowest BCUT2D eigenvalue weighted by Gasteiger charge is -2.35. The second kappa shape index (κ2) is 10.7. The van der Waals surface area contributed by atoms with Gasteiger partial charge in [-0.1, -0.05) is 17.6 Å². The molecular formula is C28H28BN5S2. The zero-order valence-electron chi connectivity index (χ0n) is 20.1. The van der Waals surface area contributed by atoms with Gasteiger partial charge in [-0.2, -0.15) is 0 Å². The van der Waals surface area contributed by atoms with Gasteiger partial charge in [0.1, 0.15) is 7.85 Å². The first-order valence-electron chi connectivity index (χ1n) is 12.5. The van der Waals surface area contributed by atoms with Gasteiger partial charge in [-0.25, -0.2) is 0 Å². The average Bonchev–Trinajstić information content (AvgIpc) is 3.61. The summed E-state index contributed by atoms with van der Waals surface area (Å²) in [4.78, 5) is 20.6. The van der Waals surface area contributed by atoms with Crippen molar-refractivity contribution in [2.45, 2.75) is 25.9 Å². The van der Waals surface area contributed by atoms with E-state index in [1.54, 1.807) is 12.4 Å². The van der Waals surface area contributed by atoms with Gasteiger partial charge in [0, 0.05) is 69.4 Å². The van der Waals surface area contributed by atoms with Crippen LogP contribution >= 0.6 is 22.7 Å². The van der Waals surface area contributed by atoms with Crippen LogP contribution in [0.2, 0.25) is 0 Å². The number of piperidine rings is 1. The summed E-state index contributed by atoms with van der Waals surface area (Å²) in [6.45, 7) is 4.61. The Morgan fingerprint density at radius 3 is 2.81 bits per heavy atom. The van der Waals surface area contributed by atoms with Gasteiger partial charge in [0.15, 0.2) is 0 Å². The number of allylic oxidation sites excluding steroid dienone is 2. The van der Waals surface area contributed by atoms with Gasteiger partial charge in [-0.05, 0) is 67.2 Å². The summed E-state index contributed by atoms with van der Waals surface area (Å²) < 4.78 is 0. The fourth-order valence-electron chi connectivity index (χ4n) is 5.14. The van der Waals surface area contributed by atoms with Gasteiger partial charge in [0.05, 0.1) is 12.5 Å². The van der Waals surface area contributed by atoms with Crippen molar-refractivity contribution in [2.24, 2.45) is 21.8 Å². The van der Waals surface area contributed by atoms with Crippen molar-refractivity contribution >= 4 is 42.4 Å². The molecule has 3 aromatic heterocycles. The molecule has 3 aromatic rings. The van der Waals surface area contributed by atoms with Crippen molar-refractivity contribution in [3.05, 3.63) is 87.6 Å². The third-order valence-electron chi connectivity index (χ3n) is 7.10. The molecular weight excluding hydrogens is 481 g/mol. The number of hydrogen-bond donors (Lipinski definition) is 1. The van der Waals surface area contributed by atoms with E-state index in [9.17, 15) is 0 Å². The molecule has 0 aromatic carbocycles. The van der Waals surface area contributed by atoms with E-state index in [2.05, 4.69) is 62.0 Å². The Labute approximate surface area is 221 Å². The summed E-state index contributed by atoms with van der Waals surface area (Å²) in [5, 5.41) is 5.80. The van der Waals surface area contributed by atoms with Gasteiger partial charge >= 0.3 is 0 Å². The molecule has 0 saturated carbocycles. The average molecular weight is 510 g/mol. The number of thiophene rings is 2. The number of nitrogens with one attached hydrogen (secondary N) is 1. The Morgan fingerprint density at radius 1 is 1.08 bits per heavy atom. The fourth-order valence-corrected chi connectivity index (χ4v) is 7.03. The van der Waals surface area contributed by atoms with E-state index in [4.69, 9.17) is 12.8 Å². The van der Waals surface area contributed by atoms with Crippen LogP contribution in [0.4, 0.5) is 0 Å². The Kier molecular flexibility index (Phi) is 6.99. The highest BCUT2D eigenvalue weighted by Crippen LogP contribution is 2.34. The Balaban J connectivity index is 1.13. The zero-order chi connectivity index (χ0) is 24.3. The monoisotopic (exact) mass is 509 g/mol. The first kappa shape index (κ1) is 23.6. The minimum absolute atomic E-state index is 0.104. The minimum Gasteiger partial charge on any atom is -0.384 e. The van der Waals surface area contributed by atoms with Crippen LogP contribution in [-0.4, -0.2) is 49.3 Å². The quantitative estimate of drug-likeness (QED) is 0.441. The molecule has 5 nitrogen and oxygen atoms in total. The number of aliphatic imine (C=N–C) groups is 2. The molecule has 1 atom stereocenters. The van der Waals surface area contributed by atoms with Gasteiger partial charge in [-0.15, -0.1) is 22.7 Å². The summed E-state index contributed by atoms with van der Waals surface area (Å²) in [5.41, 5.74) is 5.14. The number of nitrogens with zero attached hydrogens (tertiary/aromatic N) is 4. The molecule has 0 aliphatic carbocycles. The second-order valence-electron chi connectivity index (χ2n) is 9.53. The van der Waals surface area contributed by atoms with Crippen LogP contribution in [0.15, 0.2) is 87.1 Å². The third kappa shape index (κ3) is 5.17. The van der Waals surface area contributed by atoms with Gasteiger partial charge in [-0.3, -0.25) is 19.9 Å². The largest absolute Gasteiger partial charge is 0.384 e. The predicted molar refractivity (Wildman–Crippen MR) is 152 cm³/mol. The van der Waals surface area contributed by atoms with Crippen LogP contribution in [0.5, 0.6) is 0 Å². The van der Waals surface area contributed by atoms with Crippen LogP contribution in [0.1, 0.15) is 23.3 Å². The second-order valence-corrected chi connectivity index (χ2v) is 11.6. The van der Waals surface area contributed by atoms with Crippen LogP contribution in [0, 0.1) is 11.8 Å². The lowest BCUT2D eigenvalue weighted by atomic mass is 9.81. The molecule has 0 amide bonds. The van der Waals surface area contributed by atoms with E-state index in [0.717, 1.165) is 56.0 Å². The zero-order valence-corrected chi connectivity index (χ0v) is 21.8. The number of aromatic nitrogens is 1. The molecule has 1 N–H and O–H groups in total. The molecule has 3 aliphatic heterocycles. The highest BCUT2D eigenvalue weighted by atomic mass is 32.1. The van der Waals surface area contributed by atoms with Gasteiger partial charge in [0.25, 0.3) is 0 Å². The number of likely N-dealkylation sites (tertiary alicyclic amines) is 1. The normalized spacial score (nSPS) is 20.7. The van der Waals surface area contributed by atoms with Gasteiger partial charge in [0.2, 0.25) is 0 Å². The Bertz CT molecular complexity index is 1310. The molecule has 6 heterocycles. The molecule has 8 heteroatoms. The lowest BCUT2D eigenvalue weighted by Crippen LogP contribution is -2.37. The molecule has 6 rings (SSSR count). The standard InChI is InChI=1S/C28H28BN5S2/c29-23-17-31-16-22-25(32-15-19-3-1-9-30-14-19)13-24(33-28(22)23)20-7-10-34(11-8-20)18-21-5-6-27(36-21)26-4-2-12-35-26/h1-6,9,12-14,17,20,22,32H,7-8,10-11,15-16,18H2. The van der Waals surface area contributed by atoms with Crippen molar-refractivity contribution < 1.29 is 0 Å². The molecule has 0 bridgehead atoms. The smallest absolute Gasteiger partial charge is 0.118 e. The minimum atomic E-state index is 0.104. The van der Waals surface area contributed by atoms with E-state index in [1.165, 1.54) is 20.3 Å². The number of rotatable bonds is 7. The SMILES string of the molecule is [B]C1=C2N=C(C3CCN(Cc4ccc(-c5cccs5)s4)CC3)C=C(NCc3cccnc3)C2CN=C1. The first-order valence-corrected chi connectivity index (χ1v) is 14.2. The maximum atomic E-state index is 6.35. The van der Waals surface area contributed by atoms with Crippen molar-refractivity contribution in [3.8, 4) is 9.75 Å². The Hall–Kier alpha value is -2.81. The van der Waals surface area contributed by atoms with E-state index >= 15 is 0 Å². The lowest BCUT2D eigenvalue weighted by molar-refractivity contribution is 0.203. The number of dihydropyridines is 2. The number of fused-ring (bicyclic) bond motifs is 1. The summed E-state index contributed by atoms with van der Waals surface area (Å²) in [6, 6.07) is 12.9.